The second-order valence-electron chi connectivity index (χ2n) is 6.05. The molecule has 138 valence electrons. The van der Waals surface area contributed by atoms with Crippen molar-refractivity contribution in [2.24, 2.45) is 0 Å². The number of amides is 2. The summed E-state index contributed by atoms with van der Waals surface area (Å²) in [6, 6.07) is 14.6. The third-order valence-electron chi connectivity index (χ3n) is 3.98. The van der Waals surface area contributed by atoms with Gasteiger partial charge in [0.2, 0.25) is 0 Å². The van der Waals surface area contributed by atoms with Gasteiger partial charge in [-0.2, -0.15) is 0 Å². The molecule has 5 heteroatoms. The van der Waals surface area contributed by atoms with E-state index in [2.05, 4.69) is 17.6 Å². The predicted octanol–water partition coefficient (Wildman–Crippen LogP) is 3.79. The molecule has 0 aliphatic rings. The van der Waals surface area contributed by atoms with Crippen molar-refractivity contribution in [2.45, 2.75) is 39.7 Å². The van der Waals surface area contributed by atoms with Crippen molar-refractivity contribution in [2.75, 3.05) is 11.9 Å². The molecule has 0 aromatic heterocycles. The summed E-state index contributed by atoms with van der Waals surface area (Å²) in [4.78, 5) is 24.7. The van der Waals surface area contributed by atoms with E-state index in [0.717, 1.165) is 12.8 Å². The van der Waals surface area contributed by atoms with Crippen molar-refractivity contribution in [3.05, 3.63) is 59.7 Å². The molecule has 5 nitrogen and oxygen atoms in total. The van der Waals surface area contributed by atoms with Gasteiger partial charge < -0.3 is 15.4 Å². The predicted molar refractivity (Wildman–Crippen MR) is 104 cm³/mol. The van der Waals surface area contributed by atoms with E-state index in [1.807, 2.05) is 31.2 Å². The number of carbonyl (C=O) groups excluding carboxylic acids is 2. The van der Waals surface area contributed by atoms with Crippen LogP contribution in [0.25, 0.3) is 0 Å². The molecule has 0 aliphatic heterocycles. The number of hydrogen-bond acceptors (Lipinski definition) is 3. The minimum atomic E-state index is -0.686. The lowest BCUT2D eigenvalue weighted by atomic mass is 10.1. The Morgan fingerprint density at radius 2 is 1.73 bits per heavy atom. The van der Waals surface area contributed by atoms with E-state index in [4.69, 9.17) is 4.74 Å². The van der Waals surface area contributed by atoms with Crippen LogP contribution in [0.5, 0.6) is 5.75 Å². The average Bonchev–Trinajstić information content (AvgIpc) is 2.67. The smallest absolute Gasteiger partial charge is 0.265 e. The Labute approximate surface area is 154 Å². The van der Waals surface area contributed by atoms with Crippen molar-refractivity contribution >= 4 is 17.5 Å². The highest BCUT2D eigenvalue weighted by Crippen LogP contribution is 2.18. The van der Waals surface area contributed by atoms with E-state index in [-0.39, 0.29) is 11.8 Å². The fraction of sp³-hybridized carbons (Fsp3) is 0.333. The van der Waals surface area contributed by atoms with Gasteiger partial charge in [-0.1, -0.05) is 38.1 Å². The summed E-state index contributed by atoms with van der Waals surface area (Å²) in [5.74, 6) is 0.130. The van der Waals surface area contributed by atoms with Crippen molar-refractivity contribution in [1.82, 2.24) is 5.32 Å². The van der Waals surface area contributed by atoms with Gasteiger partial charge in [0.05, 0.1) is 11.3 Å². The molecule has 0 fully saturated rings. The van der Waals surface area contributed by atoms with Crippen LogP contribution < -0.4 is 15.4 Å². The van der Waals surface area contributed by atoms with Crippen LogP contribution in [-0.2, 0) is 11.2 Å². The summed E-state index contributed by atoms with van der Waals surface area (Å²) in [5.41, 5.74) is 2.12. The van der Waals surface area contributed by atoms with Gasteiger partial charge in [-0.3, -0.25) is 9.59 Å². The van der Waals surface area contributed by atoms with E-state index < -0.39 is 6.10 Å². The molecule has 2 rings (SSSR count). The molecule has 0 radical (unpaired) electrons. The lowest BCUT2D eigenvalue weighted by molar-refractivity contribution is -0.122. The first-order valence-electron chi connectivity index (χ1n) is 8.98. The van der Waals surface area contributed by atoms with Crippen LogP contribution in [0.2, 0.25) is 0 Å². The summed E-state index contributed by atoms with van der Waals surface area (Å²) in [7, 11) is 0. The van der Waals surface area contributed by atoms with Crippen molar-refractivity contribution in [3.63, 3.8) is 0 Å². The standard InChI is InChI=1S/C21H26N2O3/c1-4-14-22-21(25)18-8-6-7-9-19(18)23-20(24)15(3)26-17-12-10-16(5-2)11-13-17/h6-13,15H,4-5,14H2,1-3H3,(H,22,25)(H,23,24)/t15-/m1/s1. The maximum absolute atomic E-state index is 12.5. The van der Waals surface area contributed by atoms with E-state index in [9.17, 15) is 9.59 Å². The average molecular weight is 354 g/mol. The number of para-hydroxylation sites is 1. The molecule has 2 amide bonds. The highest BCUT2D eigenvalue weighted by atomic mass is 16.5. The Bertz CT molecular complexity index is 741. The second kappa shape index (κ2) is 9.61. The summed E-state index contributed by atoms with van der Waals surface area (Å²) in [5, 5.41) is 5.61. The topological polar surface area (TPSA) is 67.4 Å². The zero-order chi connectivity index (χ0) is 18.9. The Hall–Kier alpha value is -2.82. The Morgan fingerprint density at radius 1 is 1.04 bits per heavy atom. The van der Waals surface area contributed by atoms with Crippen LogP contribution >= 0.6 is 0 Å². The quantitative estimate of drug-likeness (QED) is 0.758. The lowest BCUT2D eigenvalue weighted by Crippen LogP contribution is -2.32. The number of benzene rings is 2. The Balaban J connectivity index is 2.03. The van der Waals surface area contributed by atoms with Gasteiger partial charge in [-0.05, 0) is 49.6 Å². The number of anilines is 1. The van der Waals surface area contributed by atoms with Gasteiger partial charge in [0.25, 0.3) is 11.8 Å². The van der Waals surface area contributed by atoms with Gasteiger partial charge >= 0.3 is 0 Å². The first-order valence-corrected chi connectivity index (χ1v) is 8.98. The van der Waals surface area contributed by atoms with Crippen molar-refractivity contribution < 1.29 is 14.3 Å². The SMILES string of the molecule is CCCNC(=O)c1ccccc1NC(=O)[C@@H](C)Oc1ccc(CC)cc1. The summed E-state index contributed by atoms with van der Waals surface area (Å²) >= 11 is 0. The maximum Gasteiger partial charge on any atom is 0.265 e. The van der Waals surface area contributed by atoms with E-state index in [0.29, 0.717) is 23.5 Å². The molecular formula is C21H26N2O3. The van der Waals surface area contributed by atoms with Crippen molar-refractivity contribution in [3.8, 4) is 5.75 Å². The number of hydrogen-bond donors (Lipinski definition) is 2. The molecule has 2 aromatic rings. The van der Waals surface area contributed by atoms with E-state index in [1.165, 1.54) is 5.56 Å². The minimum absolute atomic E-state index is 0.202. The van der Waals surface area contributed by atoms with E-state index in [1.54, 1.807) is 31.2 Å². The Morgan fingerprint density at radius 3 is 2.38 bits per heavy atom. The van der Waals surface area contributed by atoms with Crippen molar-refractivity contribution in [1.29, 1.82) is 0 Å². The zero-order valence-corrected chi connectivity index (χ0v) is 15.5. The van der Waals surface area contributed by atoms with Crippen LogP contribution in [0.4, 0.5) is 5.69 Å². The van der Waals surface area contributed by atoms with Gasteiger partial charge in [0.1, 0.15) is 5.75 Å². The molecule has 0 aliphatic carbocycles. The molecule has 0 heterocycles. The highest BCUT2D eigenvalue weighted by Gasteiger charge is 2.18. The molecule has 0 unspecified atom stereocenters. The van der Waals surface area contributed by atoms with Gasteiger partial charge in [-0.25, -0.2) is 0 Å². The van der Waals surface area contributed by atoms with Crippen LogP contribution in [0.1, 0.15) is 43.1 Å². The molecule has 2 N–H and O–H groups in total. The first kappa shape index (κ1) is 19.5. The molecule has 0 saturated heterocycles. The minimum Gasteiger partial charge on any atom is -0.481 e. The normalized spacial score (nSPS) is 11.5. The van der Waals surface area contributed by atoms with Crippen LogP contribution in [0, 0.1) is 0 Å². The maximum atomic E-state index is 12.5. The second-order valence-corrected chi connectivity index (χ2v) is 6.05. The number of nitrogens with one attached hydrogen (secondary N) is 2. The fourth-order valence-electron chi connectivity index (χ4n) is 2.42. The highest BCUT2D eigenvalue weighted by molar-refractivity contribution is 6.04. The number of carbonyl (C=O) groups is 2. The molecular weight excluding hydrogens is 328 g/mol. The van der Waals surface area contributed by atoms with Gasteiger partial charge in [-0.15, -0.1) is 0 Å². The molecule has 0 bridgehead atoms. The Kier molecular flexibility index (Phi) is 7.21. The molecule has 26 heavy (non-hydrogen) atoms. The van der Waals surface area contributed by atoms with Crippen LogP contribution in [-0.4, -0.2) is 24.5 Å². The summed E-state index contributed by atoms with van der Waals surface area (Å²) in [6.07, 6.45) is 1.11. The molecule has 0 spiro atoms. The van der Waals surface area contributed by atoms with Gasteiger partial charge in [0, 0.05) is 6.54 Å². The number of rotatable bonds is 8. The third-order valence-corrected chi connectivity index (χ3v) is 3.98. The van der Waals surface area contributed by atoms with E-state index >= 15 is 0 Å². The largest absolute Gasteiger partial charge is 0.481 e. The molecule has 2 aromatic carbocycles. The molecule has 1 atom stereocenters. The number of ether oxygens (including phenoxy) is 1. The monoisotopic (exact) mass is 354 g/mol. The first-order chi connectivity index (χ1) is 12.5. The van der Waals surface area contributed by atoms with Crippen LogP contribution in [0.15, 0.2) is 48.5 Å². The van der Waals surface area contributed by atoms with Crippen LogP contribution in [0.3, 0.4) is 0 Å². The zero-order valence-electron chi connectivity index (χ0n) is 15.5. The number of aryl methyl sites for hydroxylation is 1. The lowest BCUT2D eigenvalue weighted by Gasteiger charge is -2.16. The van der Waals surface area contributed by atoms with Gasteiger partial charge in [0.15, 0.2) is 6.10 Å². The molecule has 0 saturated carbocycles. The summed E-state index contributed by atoms with van der Waals surface area (Å²) < 4.78 is 5.70. The fourth-order valence-corrected chi connectivity index (χ4v) is 2.42. The third kappa shape index (κ3) is 5.34. The summed E-state index contributed by atoms with van der Waals surface area (Å²) in [6.45, 7) is 6.34.